The molecule has 0 saturated heterocycles. The van der Waals surface area contributed by atoms with Crippen molar-refractivity contribution in [1.29, 1.82) is 5.26 Å². The van der Waals surface area contributed by atoms with Crippen molar-refractivity contribution >= 4 is 0 Å². The van der Waals surface area contributed by atoms with Gasteiger partial charge in [0, 0.05) is 25.2 Å². The highest BCUT2D eigenvalue weighted by Gasteiger charge is 2.41. The first-order valence-corrected chi connectivity index (χ1v) is 7.57. The Hall–Kier alpha value is -0.630. The number of likely N-dealkylation sites (N-methyl/N-ethyl adjacent to an activating group) is 1. The molecule has 0 radical (unpaired) electrons. The summed E-state index contributed by atoms with van der Waals surface area (Å²) in [4.78, 5) is 2.46. The maximum absolute atomic E-state index is 9.50. The van der Waals surface area contributed by atoms with Crippen LogP contribution in [0.5, 0.6) is 0 Å². The standard InChI is InChI=1S/C15H29N3O/c1-5-18(9-10-19-6-2)14-7-8-15(11-14,12-16)17-13(3)4/h13-14,17H,5-11H2,1-4H3. The van der Waals surface area contributed by atoms with Crippen molar-refractivity contribution < 1.29 is 4.74 Å². The molecule has 0 spiro atoms. The van der Waals surface area contributed by atoms with Gasteiger partial charge in [0.05, 0.1) is 12.7 Å². The first-order chi connectivity index (χ1) is 9.06. The minimum absolute atomic E-state index is 0.322. The largest absolute Gasteiger partial charge is 0.380 e. The van der Waals surface area contributed by atoms with Crippen LogP contribution in [0.1, 0.15) is 47.0 Å². The summed E-state index contributed by atoms with van der Waals surface area (Å²) in [5.41, 5.74) is -0.322. The Bertz CT molecular complexity index is 300. The zero-order valence-corrected chi connectivity index (χ0v) is 12.9. The molecule has 0 amide bonds. The van der Waals surface area contributed by atoms with Crippen molar-refractivity contribution in [3.63, 3.8) is 0 Å². The van der Waals surface area contributed by atoms with E-state index >= 15 is 0 Å². The predicted octanol–water partition coefficient (Wildman–Crippen LogP) is 2.16. The molecular weight excluding hydrogens is 238 g/mol. The molecular formula is C15H29N3O. The molecule has 1 aliphatic rings. The van der Waals surface area contributed by atoms with Crippen molar-refractivity contribution in [2.75, 3.05) is 26.3 Å². The molecule has 0 aromatic carbocycles. The lowest BCUT2D eigenvalue weighted by Crippen LogP contribution is -2.47. The Balaban J connectivity index is 2.54. The summed E-state index contributed by atoms with van der Waals surface area (Å²) in [6.45, 7) is 12.0. The van der Waals surface area contributed by atoms with E-state index < -0.39 is 0 Å². The van der Waals surface area contributed by atoms with E-state index in [0.29, 0.717) is 12.1 Å². The minimum atomic E-state index is -0.322. The van der Waals surface area contributed by atoms with E-state index in [4.69, 9.17) is 4.74 Å². The summed E-state index contributed by atoms with van der Waals surface area (Å²) in [7, 11) is 0. The fraction of sp³-hybridized carbons (Fsp3) is 0.933. The Morgan fingerprint density at radius 2 is 2.21 bits per heavy atom. The zero-order valence-electron chi connectivity index (χ0n) is 12.9. The van der Waals surface area contributed by atoms with Crippen LogP contribution in [0.2, 0.25) is 0 Å². The number of ether oxygens (including phenoxy) is 1. The summed E-state index contributed by atoms with van der Waals surface area (Å²) in [6, 6.07) is 3.38. The van der Waals surface area contributed by atoms with E-state index in [0.717, 1.165) is 45.6 Å². The second-order valence-electron chi connectivity index (χ2n) is 5.72. The Kier molecular flexibility index (Phi) is 6.78. The summed E-state index contributed by atoms with van der Waals surface area (Å²) in [5.74, 6) is 0. The van der Waals surface area contributed by atoms with Crippen LogP contribution in [0, 0.1) is 11.3 Å². The lowest BCUT2D eigenvalue weighted by molar-refractivity contribution is 0.0962. The first-order valence-electron chi connectivity index (χ1n) is 7.57. The van der Waals surface area contributed by atoms with Crippen LogP contribution in [-0.2, 0) is 4.74 Å². The molecule has 0 aliphatic heterocycles. The van der Waals surface area contributed by atoms with Crippen LogP contribution in [0.15, 0.2) is 0 Å². The molecule has 1 aliphatic carbocycles. The quantitative estimate of drug-likeness (QED) is 0.685. The van der Waals surface area contributed by atoms with Crippen molar-refractivity contribution in [2.45, 2.75) is 64.6 Å². The van der Waals surface area contributed by atoms with E-state index in [1.54, 1.807) is 0 Å². The molecule has 1 saturated carbocycles. The molecule has 4 heteroatoms. The summed E-state index contributed by atoms with van der Waals surface area (Å²) < 4.78 is 5.45. The summed E-state index contributed by atoms with van der Waals surface area (Å²) in [5, 5.41) is 13.0. The third-order valence-corrected chi connectivity index (χ3v) is 3.92. The monoisotopic (exact) mass is 267 g/mol. The average molecular weight is 267 g/mol. The van der Waals surface area contributed by atoms with Crippen LogP contribution in [0.3, 0.4) is 0 Å². The van der Waals surface area contributed by atoms with Gasteiger partial charge in [-0.1, -0.05) is 6.92 Å². The molecule has 1 N–H and O–H groups in total. The van der Waals surface area contributed by atoms with E-state index in [1.807, 2.05) is 6.92 Å². The minimum Gasteiger partial charge on any atom is -0.380 e. The van der Waals surface area contributed by atoms with Crippen molar-refractivity contribution in [3.05, 3.63) is 0 Å². The first kappa shape index (κ1) is 16.4. The fourth-order valence-corrected chi connectivity index (χ4v) is 3.07. The molecule has 0 aromatic rings. The maximum atomic E-state index is 9.50. The number of nitrogens with one attached hydrogen (secondary N) is 1. The van der Waals surface area contributed by atoms with Crippen LogP contribution in [0.4, 0.5) is 0 Å². The molecule has 0 aromatic heterocycles. The van der Waals surface area contributed by atoms with E-state index in [-0.39, 0.29) is 5.54 Å². The second-order valence-corrected chi connectivity index (χ2v) is 5.72. The van der Waals surface area contributed by atoms with E-state index in [9.17, 15) is 5.26 Å². The third-order valence-electron chi connectivity index (χ3n) is 3.92. The Morgan fingerprint density at radius 1 is 1.47 bits per heavy atom. The van der Waals surface area contributed by atoms with Crippen LogP contribution < -0.4 is 5.32 Å². The van der Waals surface area contributed by atoms with E-state index in [2.05, 4.69) is 37.1 Å². The number of rotatable bonds is 8. The topological polar surface area (TPSA) is 48.3 Å². The van der Waals surface area contributed by atoms with Gasteiger partial charge >= 0.3 is 0 Å². The van der Waals surface area contributed by atoms with Crippen molar-refractivity contribution in [2.24, 2.45) is 0 Å². The number of nitriles is 1. The highest BCUT2D eigenvalue weighted by Crippen LogP contribution is 2.33. The molecule has 0 heterocycles. The lowest BCUT2D eigenvalue weighted by Gasteiger charge is -2.30. The number of hydrogen-bond donors (Lipinski definition) is 1. The lowest BCUT2D eigenvalue weighted by atomic mass is 9.98. The van der Waals surface area contributed by atoms with Gasteiger partial charge in [0.15, 0.2) is 0 Å². The molecule has 2 atom stereocenters. The summed E-state index contributed by atoms with van der Waals surface area (Å²) >= 11 is 0. The van der Waals surface area contributed by atoms with Crippen LogP contribution in [0.25, 0.3) is 0 Å². The Morgan fingerprint density at radius 3 is 2.74 bits per heavy atom. The molecule has 1 fully saturated rings. The fourth-order valence-electron chi connectivity index (χ4n) is 3.07. The normalized spacial score (nSPS) is 27.1. The van der Waals surface area contributed by atoms with Gasteiger partial charge in [0.1, 0.15) is 5.54 Å². The molecule has 0 bridgehead atoms. The zero-order chi connectivity index (χ0) is 14.3. The van der Waals surface area contributed by atoms with Gasteiger partial charge in [-0.2, -0.15) is 5.26 Å². The highest BCUT2D eigenvalue weighted by atomic mass is 16.5. The van der Waals surface area contributed by atoms with Gasteiger partial charge in [-0.15, -0.1) is 0 Å². The van der Waals surface area contributed by atoms with Gasteiger partial charge in [-0.25, -0.2) is 0 Å². The molecule has 19 heavy (non-hydrogen) atoms. The predicted molar refractivity (Wildman–Crippen MR) is 78.0 cm³/mol. The van der Waals surface area contributed by atoms with Gasteiger partial charge in [0.2, 0.25) is 0 Å². The van der Waals surface area contributed by atoms with Gasteiger partial charge in [-0.05, 0) is 46.6 Å². The molecule has 110 valence electrons. The van der Waals surface area contributed by atoms with Gasteiger partial charge in [-0.3, -0.25) is 10.2 Å². The average Bonchev–Trinajstić information content (AvgIpc) is 2.78. The number of hydrogen-bond acceptors (Lipinski definition) is 4. The smallest absolute Gasteiger partial charge is 0.108 e. The van der Waals surface area contributed by atoms with Crippen molar-refractivity contribution in [3.8, 4) is 6.07 Å². The van der Waals surface area contributed by atoms with Gasteiger partial charge in [0.25, 0.3) is 0 Å². The third kappa shape index (κ3) is 4.76. The highest BCUT2D eigenvalue weighted by molar-refractivity contribution is 5.13. The maximum Gasteiger partial charge on any atom is 0.108 e. The van der Waals surface area contributed by atoms with Gasteiger partial charge < -0.3 is 4.74 Å². The summed E-state index contributed by atoms with van der Waals surface area (Å²) in [6.07, 6.45) is 2.99. The second kappa shape index (κ2) is 7.84. The molecule has 2 unspecified atom stereocenters. The molecule has 1 rings (SSSR count). The van der Waals surface area contributed by atoms with Crippen molar-refractivity contribution in [1.82, 2.24) is 10.2 Å². The SMILES string of the molecule is CCOCCN(CC)C1CCC(C#N)(NC(C)C)C1. The van der Waals surface area contributed by atoms with Crippen LogP contribution in [-0.4, -0.2) is 48.8 Å². The van der Waals surface area contributed by atoms with Crippen LogP contribution >= 0.6 is 0 Å². The van der Waals surface area contributed by atoms with E-state index in [1.165, 1.54) is 0 Å². The number of nitrogens with zero attached hydrogens (tertiary/aromatic N) is 2. The molecule has 4 nitrogen and oxygen atoms in total. The Labute approximate surface area is 118 Å².